The van der Waals surface area contributed by atoms with Crippen molar-refractivity contribution in [2.24, 2.45) is 0 Å². The van der Waals surface area contributed by atoms with E-state index in [2.05, 4.69) is 4.98 Å². The molecule has 0 atom stereocenters. The molecule has 0 spiro atoms. The number of aromatic nitrogens is 1. The molecule has 9 heteroatoms. The Kier molecular flexibility index (Phi) is 4.46. The lowest BCUT2D eigenvalue weighted by molar-refractivity contribution is -0.140. The fourth-order valence-corrected chi connectivity index (χ4v) is 2.21. The number of carbonyl (C=O) groups is 1. The lowest BCUT2D eigenvalue weighted by Crippen LogP contribution is -2.15. The molecule has 0 aliphatic rings. The number of hydrogen-bond acceptors (Lipinski definition) is 2. The minimum Gasteiger partial charge on any atom is -0.481 e. The predicted octanol–water partition coefficient (Wildman–Crippen LogP) is 3.27. The first-order chi connectivity index (χ1) is 8.12. The third-order valence-corrected chi connectivity index (χ3v) is 2.69. The third kappa shape index (κ3) is 3.50. The van der Waals surface area contributed by atoms with Crippen LogP contribution in [0.4, 0.5) is 22.0 Å². The SMILES string of the molecule is O=C(O)Cc1cc(C(F)F)c(C(F)(F)F)c(I)n1. The summed E-state index contributed by atoms with van der Waals surface area (Å²) in [7, 11) is 0. The molecule has 0 saturated heterocycles. The molecular weight excluding hydrogens is 376 g/mol. The molecule has 0 radical (unpaired) electrons. The topological polar surface area (TPSA) is 50.2 Å². The summed E-state index contributed by atoms with van der Waals surface area (Å²) in [5.41, 5.74) is -3.11. The molecule has 0 unspecified atom stereocenters. The first-order valence-electron chi connectivity index (χ1n) is 4.39. The van der Waals surface area contributed by atoms with E-state index in [4.69, 9.17) is 5.11 Å². The van der Waals surface area contributed by atoms with Gasteiger partial charge in [0, 0.05) is 5.56 Å². The van der Waals surface area contributed by atoms with Gasteiger partial charge in [0.2, 0.25) is 0 Å². The van der Waals surface area contributed by atoms with Crippen molar-refractivity contribution in [2.45, 2.75) is 19.0 Å². The number of carboxylic acids is 1. The molecule has 18 heavy (non-hydrogen) atoms. The molecule has 0 amide bonds. The first kappa shape index (κ1) is 15.1. The van der Waals surface area contributed by atoms with Crippen LogP contribution in [-0.2, 0) is 17.4 Å². The highest BCUT2D eigenvalue weighted by atomic mass is 127. The van der Waals surface area contributed by atoms with Crippen LogP contribution in [0, 0.1) is 3.70 Å². The van der Waals surface area contributed by atoms with Crippen molar-refractivity contribution in [3.05, 3.63) is 26.6 Å². The molecule has 1 aromatic rings. The highest BCUT2D eigenvalue weighted by Gasteiger charge is 2.39. The minimum atomic E-state index is -4.96. The van der Waals surface area contributed by atoms with Crippen LogP contribution in [0.2, 0.25) is 0 Å². The average molecular weight is 381 g/mol. The third-order valence-electron chi connectivity index (χ3n) is 1.91. The van der Waals surface area contributed by atoms with E-state index in [1.165, 1.54) is 0 Å². The molecule has 1 rings (SSSR count). The molecule has 0 bridgehead atoms. The van der Waals surface area contributed by atoms with Crippen LogP contribution in [0.3, 0.4) is 0 Å². The Labute approximate surface area is 111 Å². The van der Waals surface area contributed by atoms with Gasteiger partial charge in [-0.05, 0) is 28.7 Å². The summed E-state index contributed by atoms with van der Waals surface area (Å²) in [5, 5.41) is 8.46. The number of nitrogens with zero attached hydrogens (tertiary/aromatic N) is 1. The highest BCUT2D eigenvalue weighted by Crippen LogP contribution is 2.38. The van der Waals surface area contributed by atoms with Gasteiger partial charge in [-0.25, -0.2) is 13.8 Å². The molecule has 1 aromatic heterocycles. The molecule has 0 aromatic carbocycles. The summed E-state index contributed by atoms with van der Waals surface area (Å²) in [4.78, 5) is 13.8. The van der Waals surface area contributed by atoms with Gasteiger partial charge in [-0.15, -0.1) is 0 Å². The summed E-state index contributed by atoms with van der Waals surface area (Å²) in [5.74, 6) is -1.36. The molecule has 1 heterocycles. The van der Waals surface area contributed by atoms with Crippen molar-refractivity contribution in [2.75, 3.05) is 0 Å². The van der Waals surface area contributed by atoms with Gasteiger partial charge in [0.25, 0.3) is 6.43 Å². The van der Waals surface area contributed by atoms with Crippen molar-refractivity contribution >= 4 is 28.6 Å². The fourth-order valence-electron chi connectivity index (χ4n) is 1.28. The van der Waals surface area contributed by atoms with Crippen molar-refractivity contribution in [3.8, 4) is 0 Å². The molecule has 0 saturated carbocycles. The summed E-state index contributed by atoms with van der Waals surface area (Å²) < 4.78 is 62.2. The summed E-state index contributed by atoms with van der Waals surface area (Å²) in [6.45, 7) is 0. The quantitative estimate of drug-likeness (QED) is 0.497. The van der Waals surface area contributed by atoms with Crippen LogP contribution >= 0.6 is 22.6 Å². The zero-order valence-corrected chi connectivity index (χ0v) is 10.6. The maximum Gasteiger partial charge on any atom is 0.419 e. The number of carboxylic acid groups (broad SMARTS) is 1. The van der Waals surface area contributed by atoms with Gasteiger partial charge >= 0.3 is 12.1 Å². The molecular formula is C9H5F5INO2. The lowest BCUT2D eigenvalue weighted by atomic mass is 10.1. The van der Waals surface area contributed by atoms with Crippen molar-refractivity contribution in [1.29, 1.82) is 0 Å². The van der Waals surface area contributed by atoms with Crippen molar-refractivity contribution in [1.82, 2.24) is 4.98 Å². The van der Waals surface area contributed by atoms with Gasteiger partial charge in [-0.2, -0.15) is 13.2 Å². The molecule has 100 valence electrons. The summed E-state index contributed by atoms with van der Waals surface area (Å²) in [6.07, 6.45) is -9.03. The Morgan fingerprint density at radius 3 is 2.39 bits per heavy atom. The van der Waals surface area contributed by atoms with Crippen LogP contribution in [-0.4, -0.2) is 16.1 Å². The predicted molar refractivity (Wildman–Crippen MR) is 58.3 cm³/mol. The zero-order valence-electron chi connectivity index (χ0n) is 8.43. The number of hydrogen-bond donors (Lipinski definition) is 1. The number of halogens is 6. The van der Waals surface area contributed by atoms with Gasteiger partial charge in [0.15, 0.2) is 0 Å². The zero-order chi connectivity index (χ0) is 14.1. The van der Waals surface area contributed by atoms with Gasteiger partial charge in [-0.3, -0.25) is 4.79 Å². The smallest absolute Gasteiger partial charge is 0.419 e. The van der Waals surface area contributed by atoms with Crippen LogP contribution < -0.4 is 0 Å². The largest absolute Gasteiger partial charge is 0.481 e. The molecule has 0 aliphatic carbocycles. The van der Waals surface area contributed by atoms with Gasteiger partial charge < -0.3 is 5.11 Å². The van der Waals surface area contributed by atoms with Crippen LogP contribution in [0.15, 0.2) is 6.07 Å². The second-order valence-electron chi connectivity index (χ2n) is 3.24. The van der Waals surface area contributed by atoms with Gasteiger partial charge in [0.05, 0.1) is 17.7 Å². The maximum absolute atomic E-state index is 12.6. The van der Waals surface area contributed by atoms with Crippen LogP contribution in [0.1, 0.15) is 23.2 Å². The Bertz CT molecular complexity index is 475. The Morgan fingerprint density at radius 1 is 1.44 bits per heavy atom. The standard InChI is InChI=1S/C9H5F5INO2/c10-7(11)4-1-3(2-5(17)18)16-8(15)6(4)9(12,13)14/h1,7H,2H2,(H,17,18). The lowest BCUT2D eigenvalue weighted by Gasteiger charge is -2.14. The Hall–Kier alpha value is -1.00. The summed E-state index contributed by atoms with van der Waals surface area (Å²) in [6, 6.07) is 0.476. The van der Waals surface area contributed by atoms with E-state index in [9.17, 15) is 26.7 Å². The van der Waals surface area contributed by atoms with E-state index in [0.717, 1.165) is 22.6 Å². The molecule has 3 nitrogen and oxygen atoms in total. The molecule has 0 aliphatic heterocycles. The van der Waals surface area contributed by atoms with E-state index < -0.39 is 39.8 Å². The normalized spacial score (nSPS) is 11.9. The second-order valence-corrected chi connectivity index (χ2v) is 4.26. The maximum atomic E-state index is 12.6. The number of aliphatic carboxylic acids is 1. The monoisotopic (exact) mass is 381 g/mol. The van der Waals surface area contributed by atoms with E-state index in [1.54, 1.807) is 0 Å². The van der Waals surface area contributed by atoms with Crippen LogP contribution in [0.25, 0.3) is 0 Å². The first-order valence-corrected chi connectivity index (χ1v) is 5.47. The molecule has 1 N–H and O–H groups in total. The van der Waals surface area contributed by atoms with E-state index in [-0.39, 0.29) is 5.69 Å². The number of rotatable bonds is 3. The second kappa shape index (κ2) is 5.33. The Balaban J connectivity index is 3.41. The van der Waals surface area contributed by atoms with Crippen molar-refractivity contribution < 1.29 is 31.9 Å². The molecule has 0 fully saturated rings. The highest BCUT2D eigenvalue weighted by molar-refractivity contribution is 14.1. The number of alkyl halides is 5. The van der Waals surface area contributed by atoms with Crippen molar-refractivity contribution in [3.63, 3.8) is 0 Å². The fraction of sp³-hybridized carbons (Fsp3) is 0.333. The Morgan fingerprint density at radius 2 is 2.00 bits per heavy atom. The van der Waals surface area contributed by atoms with Gasteiger partial charge in [-0.1, -0.05) is 0 Å². The average Bonchev–Trinajstić information content (AvgIpc) is 2.12. The van der Waals surface area contributed by atoms with E-state index in [0.29, 0.717) is 6.07 Å². The van der Waals surface area contributed by atoms with Crippen LogP contribution in [0.5, 0.6) is 0 Å². The number of pyridine rings is 1. The van der Waals surface area contributed by atoms with E-state index in [1.807, 2.05) is 0 Å². The van der Waals surface area contributed by atoms with E-state index >= 15 is 0 Å². The summed E-state index contributed by atoms with van der Waals surface area (Å²) >= 11 is 1.16. The minimum absolute atomic E-state index is 0.338. The van der Waals surface area contributed by atoms with Gasteiger partial charge in [0.1, 0.15) is 3.70 Å².